The lowest BCUT2D eigenvalue weighted by Crippen LogP contribution is -2.57. The molecule has 5 atom stereocenters. The van der Waals surface area contributed by atoms with Gasteiger partial charge in [0.1, 0.15) is 24.4 Å². The van der Waals surface area contributed by atoms with Crippen molar-refractivity contribution in [2.45, 2.75) is 89.4 Å². The molecule has 0 amide bonds. The number of hydrogen-bond donors (Lipinski definition) is 3. The van der Waals surface area contributed by atoms with Gasteiger partial charge in [0.2, 0.25) is 0 Å². The lowest BCUT2D eigenvalue weighted by atomic mass is 9.85. The fourth-order valence-electron chi connectivity index (χ4n) is 6.78. The Hall–Kier alpha value is -3.89. The minimum Gasteiger partial charge on any atom is -0.368 e. The van der Waals surface area contributed by atoms with Gasteiger partial charge in [-0.2, -0.15) is 0 Å². The normalized spacial score (nSPS) is 20.5. The van der Waals surface area contributed by atoms with Crippen LogP contribution in [0.3, 0.4) is 0 Å². The first-order chi connectivity index (χ1) is 25.2. The minimum absolute atomic E-state index is 0.193. The van der Waals surface area contributed by atoms with Crippen LogP contribution in [0, 0.1) is 0 Å². The molecule has 1 fully saturated rings. The molecule has 1 aliphatic heterocycles. The van der Waals surface area contributed by atoms with Crippen molar-refractivity contribution in [2.24, 2.45) is 0 Å². The van der Waals surface area contributed by atoms with Crippen LogP contribution in [-0.4, -0.2) is 39.7 Å². The molecule has 1 heterocycles. The van der Waals surface area contributed by atoms with Crippen molar-refractivity contribution >= 4 is 11.6 Å². The van der Waals surface area contributed by atoms with Crippen LogP contribution in [0.15, 0.2) is 127 Å². The van der Waals surface area contributed by atoms with Gasteiger partial charge in [0, 0.05) is 10.6 Å². The number of aliphatic hydroxyl groups is 3. The third-order valence-corrected chi connectivity index (χ3v) is 9.96. The van der Waals surface area contributed by atoms with E-state index in [4.69, 9.17) is 30.5 Å². The Labute approximate surface area is 311 Å². The third-order valence-electron chi connectivity index (χ3n) is 9.60. The first-order valence-corrected chi connectivity index (χ1v) is 18.3. The van der Waals surface area contributed by atoms with Gasteiger partial charge in [-0.25, -0.2) is 0 Å². The van der Waals surface area contributed by atoms with E-state index in [9.17, 15) is 15.3 Å². The maximum atomic E-state index is 10.8. The molecule has 272 valence electrons. The number of hydrogen-bond acceptors (Lipinski definition) is 7. The van der Waals surface area contributed by atoms with Crippen LogP contribution in [0.2, 0.25) is 5.02 Å². The minimum atomic E-state index is -3.21. The van der Waals surface area contributed by atoms with Crippen molar-refractivity contribution in [3.8, 4) is 0 Å². The summed E-state index contributed by atoms with van der Waals surface area (Å²) < 4.78 is 27.2. The molecule has 0 radical (unpaired) electrons. The summed E-state index contributed by atoms with van der Waals surface area (Å²) >= 11 is 6.81. The summed E-state index contributed by atoms with van der Waals surface area (Å²) in [5.41, 5.74) is 6.06. The fraction of sp³-hybridized carbons (Fsp3) is 0.318. The van der Waals surface area contributed by atoms with Crippen molar-refractivity contribution < 1.29 is 34.3 Å². The number of rotatable bonds is 15. The number of benzene rings is 5. The Kier molecular flexibility index (Phi) is 12.9. The van der Waals surface area contributed by atoms with Crippen LogP contribution < -0.4 is 0 Å². The molecule has 52 heavy (non-hydrogen) atoms. The summed E-state index contributed by atoms with van der Waals surface area (Å²) in [5, 5.41) is 32.6. The molecule has 8 heteroatoms. The van der Waals surface area contributed by atoms with Crippen molar-refractivity contribution in [1.82, 2.24) is 0 Å². The average molecular weight is 723 g/mol. The zero-order chi connectivity index (χ0) is 36.5. The standard InChI is InChI=1S/C44H47ClO7/c1-3-30-20-22-31(23-21-30)24-35-25-36(37(26-38(35)45)44(46,47)48)40-42(50-28-33-16-10-6-11-17-33)43(51-29-34-18-12-7-13-19-34)41(39(4-2)52-40)49-27-32-14-8-5-9-15-32/h5-23,25-26,39-43,46-48H,3-4,24,27-29H2,1-2H3. The highest BCUT2D eigenvalue weighted by molar-refractivity contribution is 6.31. The molecule has 0 spiro atoms. The second kappa shape index (κ2) is 17.8. The highest BCUT2D eigenvalue weighted by atomic mass is 35.5. The maximum absolute atomic E-state index is 10.8. The molecule has 0 aromatic heterocycles. The summed E-state index contributed by atoms with van der Waals surface area (Å²) in [7, 11) is 0. The zero-order valence-electron chi connectivity index (χ0n) is 29.6. The van der Waals surface area contributed by atoms with E-state index in [1.54, 1.807) is 6.07 Å². The van der Waals surface area contributed by atoms with Crippen molar-refractivity contribution in [1.29, 1.82) is 0 Å². The Morgan fingerprint density at radius 3 is 1.56 bits per heavy atom. The first kappa shape index (κ1) is 37.9. The molecular formula is C44H47ClO7. The topological polar surface area (TPSA) is 97.6 Å². The van der Waals surface area contributed by atoms with Gasteiger partial charge in [0.25, 0.3) is 0 Å². The van der Waals surface area contributed by atoms with Crippen LogP contribution in [0.4, 0.5) is 0 Å². The van der Waals surface area contributed by atoms with Crippen LogP contribution in [-0.2, 0) is 57.6 Å². The number of aryl methyl sites for hydroxylation is 1. The second-order valence-electron chi connectivity index (χ2n) is 13.3. The summed E-state index contributed by atoms with van der Waals surface area (Å²) in [5.74, 6) is -3.21. The molecule has 5 unspecified atom stereocenters. The SMILES string of the molecule is CCc1ccc(Cc2cc(C3OC(CC)C(OCc4ccccc4)C(OCc4ccccc4)C3OCc3ccccc3)c(C(O)(O)O)cc2Cl)cc1. The highest BCUT2D eigenvalue weighted by Gasteiger charge is 2.50. The number of halogens is 1. The molecule has 3 N–H and O–H groups in total. The maximum Gasteiger partial charge on any atom is 0.304 e. The lowest BCUT2D eigenvalue weighted by Gasteiger charge is -2.47. The summed E-state index contributed by atoms with van der Waals surface area (Å²) in [6.07, 6.45) is -1.47. The number of ether oxygens (including phenoxy) is 4. The van der Waals surface area contributed by atoms with Gasteiger partial charge in [-0.15, -0.1) is 0 Å². The van der Waals surface area contributed by atoms with E-state index in [2.05, 4.69) is 31.2 Å². The van der Waals surface area contributed by atoms with Crippen molar-refractivity contribution in [3.05, 3.63) is 177 Å². The first-order valence-electron chi connectivity index (χ1n) is 17.9. The predicted molar refractivity (Wildman–Crippen MR) is 201 cm³/mol. The zero-order valence-corrected chi connectivity index (χ0v) is 30.4. The molecule has 0 bridgehead atoms. The van der Waals surface area contributed by atoms with Crippen LogP contribution in [0.1, 0.15) is 70.9 Å². The van der Waals surface area contributed by atoms with Gasteiger partial charge in [-0.1, -0.05) is 147 Å². The highest BCUT2D eigenvalue weighted by Crippen LogP contribution is 2.43. The molecule has 1 aliphatic rings. The van der Waals surface area contributed by atoms with Gasteiger partial charge in [-0.05, 0) is 64.3 Å². The van der Waals surface area contributed by atoms with E-state index in [1.165, 1.54) is 11.6 Å². The van der Waals surface area contributed by atoms with Gasteiger partial charge in [0.05, 0.1) is 25.9 Å². The van der Waals surface area contributed by atoms with Crippen molar-refractivity contribution in [3.63, 3.8) is 0 Å². The van der Waals surface area contributed by atoms with E-state index in [0.29, 0.717) is 25.0 Å². The molecule has 6 rings (SSSR count). The Balaban J connectivity index is 1.44. The third kappa shape index (κ3) is 9.55. The van der Waals surface area contributed by atoms with E-state index in [1.807, 2.05) is 97.9 Å². The largest absolute Gasteiger partial charge is 0.368 e. The second-order valence-corrected chi connectivity index (χ2v) is 13.7. The summed E-state index contributed by atoms with van der Waals surface area (Å²) in [6.45, 7) is 4.96. The van der Waals surface area contributed by atoms with Gasteiger partial charge >= 0.3 is 5.97 Å². The Morgan fingerprint density at radius 2 is 1.08 bits per heavy atom. The monoisotopic (exact) mass is 722 g/mol. The summed E-state index contributed by atoms with van der Waals surface area (Å²) in [4.78, 5) is 0. The van der Waals surface area contributed by atoms with Gasteiger partial charge < -0.3 is 34.3 Å². The molecule has 0 aliphatic carbocycles. The van der Waals surface area contributed by atoms with Crippen LogP contribution in [0.5, 0.6) is 0 Å². The van der Waals surface area contributed by atoms with Crippen LogP contribution >= 0.6 is 11.6 Å². The van der Waals surface area contributed by atoms with Crippen molar-refractivity contribution in [2.75, 3.05) is 0 Å². The molecule has 5 aromatic rings. The van der Waals surface area contributed by atoms with Gasteiger partial charge in [-0.3, -0.25) is 0 Å². The van der Waals surface area contributed by atoms with E-state index < -0.39 is 36.5 Å². The molecule has 7 nitrogen and oxygen atoms in total. The fourth-order valence-corrected chi connectivity index (χ4v) is 7.01. The van der Waals surface area contributed by atoms with Gasteiger partial charge in [0.15, 0.2) is 0 Å². The Morgan fingerprint density at radius 1 is 0.596 bits per heavy atom. The quantitative estimate of drug-likeness (QED) is 0.0938. The van der Waals surface area contributed by atoms with Crippen LogP contribution in [0.25, 0.3) is 0 Å². The molecule has 0 saturated carbocycles. The predicted octanol–water partition coefficient (Wildman–Crippen LogP) is 8.19. The molecule has 5 aromatic carbocycles. The van der Waals surface area contributed by atoms with E-state index in [-0.39, 0.29) is 23.8 Å². The van der Waals surface area contributed by atoms with E-state index in [0.717, 1.165) is 34.2 Å². The van der Waals surface area contributed by atoms with E-state index >= 15 is 0 Å². The summed E-state index contributed by atoms with van der Waals surface area (Å²) in [6, 6.07) is 41.1. The Bertz CT molecular complexity index is 1830. The molecule has 1 saturated heterocycles. The lowest BCUT2D eigenvalue weighted by molar-refractivity contribution is -0.325. The smallest absolute Gasteiger partial charge is 0.304 e. The average Bonchev–Trinajstić information content (AvgIpc) is 3.17. The molecular weight excluding hydrogens is 676 g/mol.